The van der Waals surface area contributed by atoms with Crippen LogP contribution in [0.1, 0.15) is 5.56 Å². The number of benzene rings is 1. The lowest BCUT2D eigenvalue weighted by Gasteiger charge is -2.08. The number of aromatic nitrogens is 2. The maximum atomic E-state index is 5.66. The second-order valence-corrected chi connectivity index (χ2v) is 4.67. The second-order valence-electron chi connectivity index (χ2n) is 3.82. The Morgan fingerprint density at radius 2 is 2.29 bits per heavy atom. The summed E-state index contributed by atoms with van der Waals surface area (Å²) in [6.07, 6.45) is 3.41. The number of rotatable bonds is 4. The molecule has 2 rings (SSSR count). The number of nitrogens with two attached hydrogens (primary N) is 1. The molecule has 0 aliphatic heterocycles. The zero-order valence-corrected chi connectivity index (χ0v) is 11.1. The van der Waals surface area contributed by atoms with E-state index in [4.69, 9.17) is 10.5 Å². The molecule has 90 valence electrons. The Morgan fingerprint density at radius 1 is 1.47 bits per heavy atom. The predicted molar refractivity (Wildman–Crippen MR) is 71.0 cm³/mol. The highest BCUT2D eigenvalue weighted by molar-refractivity contribution is 9.10. The van der Waals surface area contributed by atoms with E-state index in [0.29, 0.717) is 18.8 Å². The minimum Gasteiger partial charge on any atom is -0.490 e. The van der Waals surface area contributed by atoms with Gasteiger partial charge in [0.05, 0.1) is 22.9 Å². The molecule has 0 radical (unpaired) electrons. The molecule has 1 aromatic heterocycles. The Balaban J connectivity index is 1.90. The van der Waals surface area contributed by atoms with Crippen LogP contribution in [0.4, 0.5) is 5.69 Å². The molecule has 0 spiro atoms. The molecule has 0 amide bonds. The quantitative estimate of drug-likeness (QED) is 0.943. The van der Waals surface area contributed by atoms with E-state index in [9.17, 15) is 0 Å². The fraction of sp³-hybridized carbons (Fsp3) is 0.250. The normalized spacial score (nSPS) is 10.5. The van der Waals surface area contributed by atoms with Gasteiger partial charge in [0, 0.05) is 6.20 Å². The molecule has 0 bridgehead atoms. The molecule has 0 aliphatic rings. The van der Waals surface area contributed by atoms with Crippen molar-refractivity contribution in [3.05, 3.63) is 40.6 Å². The summed E-state index contributed by atoms with van der Waals surface area (Å²) < 4.78 is 8.39. The Bertz CT molecular complexity index is 510. The van der Waals surface area contributed by atoms with Gasteiger partial charge in [-0.1, -0.05) is 6.07 Å². The molecule has 1 heterocycles. The second kappa shape index (κ2) is 5.23. The van der Waals surface area contributed by atoms with Crippen molar-refractivity contribution in [1.29, 1.82) is 0 Å². The van der Waals surface area contributed by atoms with Gasteiger partial charge in [0.1, 0.15) is 12.4 Å². The van der Waals surface area contributed by atoms with E-state index < -0.39 is 0 Å². The number of nitrogen functional groups attached to an aromatic ring is 1. The number of nitrogens with zero attached hydrogens (tertiary/aromatic N) is 2. The van der Waals surface area contributed by atoms with Gasteiger partial charge in [-0.2, -0.15) is 5.10 Å². The molecule has 4 nitrogen and oxygen atoms in total. The molecular formula is C12H14BrN3O. The first kappa shape index (κ1) is 12.0. The molecule has 0 aliphatic carbocycles. The van der Waals surface area contributed by atoms with Gasteiger partial charge < -0.3 is 10.5 Å². The Morgan fingerprint density at radius 3 is 2.94 bits per heavy atom. The number of hydrogen-bond donors (Lipinski definition) is 1. The zero-order valence-electron chi connectivity index (χ0n) is 9.56. The molecule has 2 N–H and O–H groups in total. The summed E-state index contributed by atoms with van der Waals surface area (Å²) in [6.45, 7) is 3.28. The molecule has 2 aromatic rings. The van der Waals surface area contributed by atoms with Crippen molar-refractivity contribution < 1.29 is 4.74 Å². The molecule has 5 heteroatoms. The van der Waals surface area contributed by atoms with Crippen molar-refractivity contribution in [3.8, 4) is 5.75 Å². The fourth-order valence-corrected chi connectivity index (χ4v) is 2.08. The van der Waals surface area contributed by atoms with E-state index in [1.54, 1.807) is 17.1 Å². The van der Waals surface area contributed by atoms with Gasteiger partial charge in [-0.25, -0.2) is 0 Å². The summed E-state index contributed by atoms with van der Waals surface area (Å²) in [5, 5.41) is 4.08. The number of halogens is 1. The van der Waals surface area contributed by atoms with E-state index in [1.165, 1.54) is 5.56 Å². The monoisotopic (exact) mass is 295 g/mol. The van der Waals surface area contributed by atoms with Crippen molar-refractivity contribution in [1.82, 2.24) is 9.78 Å². The maximum absolute atomic E-state index is 5.66. The van der Waals surface area contributed by atoms with E-state index in [0.717, 1.165) is 10.2 Å². The summed E-state index contributed by atoms with van der Waals surface area (Å²) in [5.74, 6) is 0.843. The summed E-state index contributed by atoms with van der Waals surface area (Å²) in [7, 11) is 0. The Kier molecular flexibility index (Phi) is 3.68. The largest absolute Gasteiger partial charge is 0.490 e. The highest BCUT2D eigenvalue weighted by Crippen LogP contribution is 2.25. The Labute approximate surface area is 109 Å². The molecule has 17 heavy (non-hydrogen) atoms. The van der Waals surface area contributed by atoms with Gasteiger partial charge in [-0.15, -0.1) is 0 Å². The standard InChI is InChI=1S/C12H14BrN3O/c1-9-2-3-12(11(13)6-9)17-5-4-16-8-10(14)7-15-16/h2-3,6-8H,4-5,14H2,1H3. The minimum atomic E-state index is 0.558. The van der Waals surface area contributed by atoms with Crippen LogP contribution in [-0.4, -0.2) is 16.4 Å². The van der Waals surface area contributed by atoms with E-state index in [-0.39, 0.29) is 0 Å². The molecule has 1 aromatic carbocycles. The van der Waals surface area contributed by atoms with Gasteiger partial charge in [0.15, 0.2) is 0 Å². The first-order valence-electron chi connectivity index (χ1n) is 5.32. The lowest BCUT2D eigenvalue weighted by Crippen LogP contribution is -2.08. The summed E-state index contributed by atoms with van der Waals surface area (Å²) >= 11 is 3.47. The number of anilines is 1. The van der Waals surface area contributed by atoms with Crippen LogP contribution in [0.25, 0.3) is 0 Å². The average molecular weight is 296 g/mol. The van der Waals surface area contributed by atoms with Gasteiger partial charge >= 0.3 is 0 Å². The number of hydrogen-bond acceptors (Lipinski definition) is 3. The van der Waals surface area contributed by atoms with Crippen LogP contribution in [0.2, 0.25) is 0 Å². The average Bonchev–Trinajstić information content (AvgIpc) is 2.68. The van der Waals surface area contributed by atoms with E-state index in [2.05, 4.69) is 21.0 Å². The summed E-state index contributed by atoms with van der Waals surface area (Å²) in [4.78, 5) is 0. The highest BCUT2D eigenvalue weighted by Gasteiger charge is 2.01. The van der Waals surface area contributed by atoms with Crippen LogP contribution in [0.15, 0.2) is 35.1 Å². The van der Waals surface area contributed by atoms with Crippen molar-refractivity contribution in [2.24, 2.45) is 0 Å². The molecular weight excluding hydrogens is 282 g/mol. The van der Waals surface area contributed by atoms with Gasteiger partial charge in [0.2, 0.25) is 0 Å². The van der Waals surface area contributed by atoms with Crippen LogP contribution in [0.3, 0.4) is 0 Å². The highest BCUT2D eigenvalue weighted by atomic mass is 79.9. The molecule has 0 atom stereocenters. The fourth-order valence-electron chi connectivity index (χ4n) is 1.47. The van der Waals surface area contributed by atoms with Crippen molar-refractivity contribution >= 4 is 21.6 Å². The third kappa shape index (κ3) is 3.23. The van der Waals surface area contributed by atoms with Crippen LogP contribution in [0.5, 0.6) is 5.75 Å². The lowest BCUT2D eigenvalue weighted by atomic mass is 10.2. The Hall–Kier alpha value is -1.49. The van der Waals surface area contributed by atoms with Gasteiger partial charge in [-0.3, -0.25) is 4.68 Å². The lowest BCUT2D eigenvalue weighted by molar-refractivity contribution is 0.289. The third-order valence-corrected chi connectivity index (χ3v) is 2.94. The topological polar surface area (TPSA) is 53.1 Å². The van der Waals surface area contributed by atoms with Crippen LogP contribution in [-0.2, 0) is 6.54 Å². The van der Waals surface area contributed by atoms with Crippen molar-refractivity contribution in [2.45, 2.75) is 13.5 Å². The smallest absolute Gasteiger partial charge is 0.133 e. The van der Waals surface area contributed by atoms with Crippen molar-refractivity contribution in [2.75, 3.05) is 12.3 Å². The molecule has 0 saturated heterocycles. The molecule has 0 fully saturated rings. The van der Waals surface area contributed by atoms with Crippen LogP contribution < -0.4 is 10.5 Å². The first-order chi connectivity index (χ1) is 8.15. The van der Waals surface area contributed by atoms with E-state index >= 15 is 0 Å². The number of aryl methyl sites for hydroxylation is 1. The third-order valence-electron chi connectivity index (χ3n) is 2.32. The minimum absolute atomic E-state index is 0.558. The predicted octanol–water partition coefficient (Wildman–Crippen LogP) is 2.62. The molecule has 0 unspecified atom stereocenters. The van der Waals surface area contributed by atoms with Crippen LogP contribution >= 0.6 is 15.9 Å². The summed E-state index contributed by atoms with van der Waals surface area (Å²) in [5.41, 5.74) is 7.44. The maximum Gasteiger partial charge on any atom is 0.133 e. The van der Waals surface area contributed by atoms with Gasteiger partial charge in [-0.05, 0) is 40.5 Å². The van der Waals surface area contributed by atoms with Gasteiger partial charge in [0.25, 0.3) is 0 Å². The summed E-state index contributed by atoms with van der Waals surface area (Å²) in [6, 6.07) is 6.00. The zero-order chi connectivity index (χ0) is 12.3. The SMILES string of the molecule is Cc1ccc(OCCn2cc(N)cn2)c(Br)c1. The van der Waals surface area contributed by atoms with Crippen LogP contribution in [0, 0.1) is 6.92 Å². The van der Waals surface area contributed by atoms with E-state index in [1.807, 2.05) is 25.1 Å². The van der Waals surface area contributed by atoms with Crippen molar-refractivity contribution in [3.63, 3.8) is 0 Å². The molecule has 0 saturated carbocycles. The number of ether oxygens (including phenoxy) is 1. The first-order valence-corrected chi connectivity index (χ1v) is 6.11.